The predicted molar refractivity (Wildman–Crippen MR) is 78.9 cm³/mol. The zero-order valence-electron chi connectivity index (χ0n) is 12.6. The van der Waals surface area contributed by atoms with Gasteiger partial charge in [0.15, 0.2) is 0 Å². The zero-order chi connectivity index (χ0) is 13.0. The molecule has 18 heavy (non-hydrogen) atoms. The van der Waals surface area contributed by atoms with Gasteiger partial charge in [-0.15, -0.1) is 0 Å². The van der Waals surface area contributed by atoms with Gasteiger partial charge >= 0.3 is 0 Å². The van der Waals surface area contributed by atoms with Crippen molar-refractivity contribution in [2.75, 3.05) is 19.6 Å². The molecule has 0 amide bonds. The summed E-state index contributed by atoms with van der Waals surface area (Å²) in [5, 5.41) is 3.92. The molecule has 0 bridgehead atoms. The normalized spacial score (nSPS) is 34.3. The van der Waals surface area contributed by atoms with Crippen LogP contribution in [-0.4, -0.2) is 36.6 Å². The second-order valence-corrected chi connectivity index (χ2v) is 6.63. The Labute approximate surface area is 114 Å². The van der Waals surface area contributed by atoms with Gasteiger partial charge in [-0.3, -0.25) is 4.90 Å². The van der Waals surface area contributed by atoms with Crippen molar-refractivity contribution in [3.63, 3.8) is 0 Å². The molecule has 0 radical (unpaired) electrons. The number of rotatable bonds is 5. The molecule has 0 spiro atoms. The number of hydrogen-bond acceptors (Lipinski definition) is 2. The molecule has 1 saturated heterocycles. The average Bonchev–Trinajstić information content (AvgIpc) is 2.84. The fourth-order valence-electron chi connectivity index (χ4n) is 4.04. The van der Waals surface area contributed by atoms with Crippen molar-refractivity contribution < 1.29 is 0 Å². The molecule has 2 nitrogen and oxygen atoms in total. The highest BCUT2D eigenvalue weighted by molar-refractivity contribution is 4.86. The minimum Gasteiger partial charge on any atom is -0.312 e. The van der Waals surface area contributed by atoms with Crippen LogP contribution in [0, 0.1) is 11.8 Å². The van der Waals surface area contributed by atoms with E-state index in [9.17, 15) is 0 Å². The summed E-state index contributed by atoms with van der Waals surface area (Å²) in [6.45, 7) is 10.9. The van der Waals surface area contributed by atoms with Crippen LogP contribution in [0.4, 0.5) is 0 Å². The highest BCUT2D eigenvalue weighted by Crippen LogP contribution is 2.30. The number of likely N-dealkylation sites (tertiary alicyclic amines) is 1. The smallest absolute Gasteiger partial charge is 0.0221 e. The Morgan fingerprint density at radius 3 is 2.61 bits per heavy atom. The summed E-state index contributed by atoms with van der Waals surface area (Å²) in [4.78, 5) is 2.65. The lowest BCUT2D eigenvalue weighted by Crippen LogP contribution is -2.46. The van der Waals surface area contributed by atoms with Gasteiger partial charge in [-0.2, -0.15) is 0 Å². The van der Waals surface area contributed by atoms with E-state index in [1.165, 1.54) is 58.2 Å². The quantitative estimate of drug-likeness (QED) is 0.808. The van der Waals surface area contributed by atoms with Crippen LogP contribution >= 0.6 is 0 Å². The lowest BCUT2D eigenvalue weighted by Gasteiger charge is -2.36. The lowest BCUT2D eigenvalue weighted by atomic mass is 9.78. The highest BCUT2D eigenvalue weighted by Gasteiger charge is 2.29. The molecular weight excluding hydrogens is 220 g/mol. The van der Waals surface area contributed by atoms with Crippen molar-refractivity contribution in [1.29, 1.82) is 0 Å². The molecule has 3 unspecified atom stereocenters. The third-order valence-corrected chi connectivity index (χ3v) is 5.20. The van der Waals surface area contributed by atoms with E-state index < -0.39 is 0 Å². The largest absolute Gasteiger partial charge is 0.312 e. The van der Waals surface area contributed by atoms with E-state index in [1.54, 1.807) is 0 Å². The van der Waals surface area contributed by atoms with Gasteiger partial charge in [0.05, 0.1) is 0 Å². The lowest BCUT2D eigenvalue weighted by molar-refractivity contribution is 0.185. The van der Waals surface area contributed by atoms with Crippen LogP contribution in [-0.2, 0) is 0 Å². The second-order valence-electron chi connectivity index (χ2n) is 6.63. The van der Waals surface area contributed by atoms with Crippen molar-refractivity contribution in [2.24, 2.45) is 11.8 Å². The SMILES string of the molecule is CCN1CCCC1CNC1CCCCC1C(C)C. The molecule has 2 fully saturated rings. The van der Waals surface area contributed by atoms with Crippen LogP contribution in [0.3, 0.4) is 0 Å². The van der Waals surface area contributed by atoms with Gasteiger partial charge in [-0.25, -0.2) is 0 Å². The molecule has 0 aromatic carbocycles. The van der Waals surface area contributed by atoms with Crippen LogP contribution < -0.4 is 5.32 Å². The van der Waals surface area contributed by atoms with Crippen LogP contribution in [0.25, 0.3) is 0 Å². The first-order valence-electron chi connectivity index (χ1n) is 8.19. The Hall–Kier alpha value is -0.0800. The molecule has 3 atom stereocenters. The molecular formula is C16H32N2. The van der Waals surface area contributed by atoms with E-state index in [-0.39, 0.29) is 0 Å². The summed E-state index contributed by atoms with van der Waals surface area (Å²) >= 11 is 0. The summed E-state index contributed by atoms with van der Waals surface area (Å²) in [7, 11) is 0. The minimum absolute atomic E-state index is 0.790. The van der Waals surface area contributed by atoms with Crippen molar-refractivity contribution in [3.8, 4) is 0 Å². The van der Waals surface area contributed by atoms with Gasteiger partial charge in [0.1, 0.15) is 0 Å². The molecule has 1 aliphatic heterocycles. The number of nitrogens with one attached hydrogen (secondary N) is 1. The highest BCUT2D eigenvalue weighted by atomic mass is 15.2. The fraction of sp³-hybridized carbons (Fsp3) is 1.00. The summed E-state index contributed by atoms with van der Waals surface area (Å²) in [5.41, 5.74) is 0. The third kappa shape index (κ3) is 3.48. The van der Waals surface area contributed by atoms with E-state index in [4.69, 9.17) is 0 Å². The first kappa shape index (κ1) is 14.3. The Morgan fingerprint density at radius 1 is 1.11 bits per heavy atom. The second kappa shape index (κ2) is 6.91. The van der Waals surface area contributed by atoms with Gasteiger partial charge in [-0.1, -0.05) is 33.6 Å². The summed E-state index contributed by atoms with van der Waals surface area (Å²) in [5.74, 6) is 1.75. The molecule has 1 N–H and O–H groups in total. The van der Waals surface area contributed by atoms with Crippen LogP contribution in [0.2, 0.25) is 0 Å². The number of nitrogens with zero attached hydrogens (tertiary/aromatic N) is 1. The van der Waals surface area contributed by atoms with Crippen LogP contribution in [0.1, 0.15) is 59.3 Å². The molecule has 0 aromatic heterocycles. The van der Waals surface area contributed by atoms with Gasteiger partial charge < -0.3 is 5.32 Å². The van der Waals surface area contributed by atoms with Crippen molar-refractivity contribution in [1.82, 2.24) is 10.2 Å². The first-order chi connectivity index (χ1) is 8.72. The maximum absolute atomic E-state index is 3.92. The van der Waals surface area contributed by atoms with E-state index >= 15 is 0 Å². The summed E-state index contributed by atoms with van der Waals surface area (Å²) < 4.78 is 0. The Balaban J connectivity index is 1.80. The van der Waals surface area contributed by atoms with Crippen molar-refractivity contribution in [3.05, 3.63) is 0 Å². The monoisotopic (exact) mass is 252 g/mol. The van der Waals surface area contributed by atoms with Crippen LogP contribution in [0.5, 0.6) is 0 Å². The average molecular weight is 252 g/mol. The first-order valence-corrected chi connectivity index (χ1v) is 8.19. The summed E-state index contributed by atoms with van der Waals surface area (Å²) in [6.07, 6.45) is 8.53. The van der Waals surface area contributed by atoms with Gasteiger partial charge in [-0.05, 0) is 50.6 Å². The predicted octanol–water partition coefficient (Wildman–Crippen LogP) is 3.28. The van der Waals surface area contributed by atoms with Crippen LogP contribution in [0.15, 0.2) is 0 Å². The molecule has 106 valence electrons. The number of hydrogen-bond donors (Lipinski definition) is 1. The van der Waals surface area contributed by atoms with E-state index in [2.05, 4.69) is 31.0 Å². The van der Waals surface area contributed by atoms with E-state index in [0.29, 0.717) is 0 Å². The molecule has 1 heterocycles. The molecule has 1 saturated carbocycles. The maximum Gasteiger partial charge on any atom is 0.0221 e. The third-order valence-electron chi connectivity index (χ3n) is 5.20. The maximum atomic E-state index is 3.92. The van der Waals surface area contributed by atoms with E-state index in [1.807, 2.05) is 0 Å². The topological polar surface area (TPSA) is 15.3 Å². The Kier molecular flexibility index (Phi) is 5.50. The molecule has 2 aliphatic rings. The zero-order valence-corrected chi connectivity index (χ0v) is 12.6. The van der Waals surface area contributed by atoms with Gasteiger partial charge in [0.2, 0.25) is 0 Å². The molecule has 2 rings (SSSR count). The minimum atomic E-state index is 0.790. The number of likely N-dealkylation sites (N-methyl/N-ethyl adjacent to an activating group) is 1. The Bertz CT molecular complexity index is 239. The standard InChI is InChI=1S/C16H32N2/c1-4-18-11-7-8-14(18)12-17-16-10-6-5-9-15(16)13(2)3/h13-17H,4-12H2,1-3H3. The summed E-state index contributed by atoms with van der Waals surface area (Å²) in [6, 6.07) is 1.60. The molecule has 2 heteroatoms. The fourth-order valence-corrected chi connectivity index (χ4v) is 4.04. The van der Waals surface area contributed by atoms with Crippen molar-refractivity contribution in [2.45, 2.75) is 71.4 Å². The van der Waals surface area contributed by atoms with E-state index in [0.717, 1.165) is 23.9 Å². The van der Waals surface area contributed by atoms with Crippen molar-refractivity contribution >= 4 is 0 Å². The Morgan fingerprint density at radius 2 is 1.89 bits per heavy atom. The van der Waals surface area contributed by atoms with Gasteiger partial charge in [0.25, 0.3) is 0 Å². The van der Waals surface area contributed by atoms with Gasteiger partial charge in [0, 0.05) is 18.6 Å². The molecule has 1 aliphatic carbocycles. The molecule has 0 aromatic rings.